The summed E-state index contributed by atoms with van der Waals surface area (Å²) >= 11 is 0. The highest BCUT2D eigenvalue weighted by Gasteiger charge is 2.25. The van der Waals surface area contributed by atoms with Crippen molar-refractivity contribution in [3.8, 4) is 6.07 Å². The van der Waals surface area contributed by atoms with Crippen LogP contribution >= 0.6 is 0 Å². The predicted molar refractivity (Wildman–Crippen MR) is 126 cm³/mol. The predicted octanol–water partition coefficient (Wildman–Crippen LogP) is 3.66. The number of morpholine rings is 1. The van der Waals surface area contributed by atoms with Crippen molar-refractivity contribution in [3.05, 3.63) is 59.4 Å². The summed E-state index contributed by atoms with van der Waals surface area (Å²) in [6, 6.07) is 14.4. The van der Waals surface area contributed by atoms with E-state index in [0.717, 1.165) is 25.2 Å². The summed E-state index contributed by atoms with van der Waals surface area (Å²) in [4.78, 5) is 18.7. The van der Waals surface area contributed by atoms with Gasteiger partial charge in [0.15, 0.2) is 0 Å². The first-order valence-corrected chi connectivity index (χ1v) is 11.4. The third-order valence-electron chi connectivity index (χ3n) is 6.11. The summed E-state index contributed by atoms with van der Waals surface area (Å²) in [6.07, 6.45) is 0.0891. The number of amides is 2. The van der Waals surface area contributed by atoms with Crippen LogP contribution in [0.3, 0.4) is 0 Å². The highest BCUT2D eigenvalue weighted by Crippen LogP contribution is 2.26. The van der Waals surface area contributed by atoms with Crippen LogP contribution in [-0.4, -0.2) is 67.3 Å². The zero-order valence-corrected chi connectivity index (χ0v) is 19.1. The summed E-state index contributed by atoms with van der Waals surface area (Å²) in [6.45, 7) is 8.76. The highest BCUT2D eigenvalue weighted by atomic mass is 19.1. The first-order valence-electron chi connectivity index (χ1n) is 11.4. The van der Waals surface area contributed by atoms with Crippen LogP contribution in [-0.2, 0) is 11.3 Å². The van der Waals surface area contributed by atoms with Gasteiger partial charge in [-0.05, 0) is 49.7 Å². The second-order valence-electron chi connectivity index (χ2n) is 8.83. The standard InChI is InChI=1S/C25H30FN5O2/c1-18-15-31(16-19(2)33-18)24-8-7-22(13-23(24)26)28-25(32)30-11-9-29(10-12-30)17-21-5-3-20(14-27)4-6-21/h3-8,13,18-19H,9-12,15-17H2,1-2H3,(H,28,32). The van der Waals surface area contributed by atoms with E-state index in [4.69, 9.17) is 10.00 Å². The molecule has 2 aromatic carbocycles. The van der Waals surface area contributed by atoms with Gasteiger partial charge in [-0.3, -0.25) is 4.90 Å². The van der Waals surface area contributed by atoms with Crippen molar-refractivity contribution < 1.29 is 13.9 Å². The molecule has 2 atom stereocenters. The zero-order chi connectivity index (χ0) is 23.4. The number of piperazine rings is 1. The van der Waals surface area contributed by atoms with Crippen LogP contribution in [0, 0.1) is 17.1 Å². The number of nitriles is 1. The molecule has 2 amide bonds. The van der Waals surface area contributed by atoms with E-state index in [2.05, 4.69) is 16.3 Å². The van der Waals surface area contributed by atoms with Crippen LogP contribution in [0.15, 0.2) is 42.5 Å². The molecule has 2 aliphatic heterocycles. The van der Waals surface area contributed by atoms with Crippen molar-refractivity contribution in [2.75, 3.05) is 49.5 Å². The number of carbonyl (C=O) groups is 1. The van der Waals surface area contributed by atoms with Crippen molar-refractivity contribution >= 4 is 17.4 Å². The second-order valence-corrected chi connectivity index (χ2v) is 8.83. The minimum absolute atomic E-state index is 0.0445. The lowest BCUT2D eigenvalue weighted by molar-refractivity contribution is -0.00539. The lowest BCUT2D eigenvalue weighted by atomic mass is 10.1. The minimum Gasteiger partial charge on any atom is -0.372 e. The Morgan fingerprint density at radius 1 is 1.09 bits per heavy atom. The van der Waals surface area contributed by atoms with E-state index in [1.807, 2.05) is 43.0 Å². The summed E-state index contributed by atoms with van der Waals surface area (Å²) < 4.78 is 20.5. The number of anilines is 2. The molecule has 0 aromatic heterocycles. The topological polar surface area (TPSA) is 71.8 Å². The normalized spacial score (nSPS) is 21.5. The average Bonchev–Trinajstić information content (AvgIpc) is 2.79. The number of halogens is 1. The number of nitrogens with one attached hydrogen (secondary N) is 1. The smallest absolute Gasteiger partial charge is 0.321 e. The minimum atomic E-state index is -0.346. The number of rotatable bonds is 4. The zero-order valence-electron chi connectivity index (χ0n) is 19.1. The number of ether oxygens (including phenoxy) is 1. The van der Waals surface area contributed by atoms with Gasteiger partial charge < -0.3 is 19.9 Å². The van der Waals surface area contributed by atoms with E-state index in [0.29, 0.717) is 43.1 Å². The van der Waals surface area contributed by atoms with Gasteiger partial charge in [-0.1, -0.05) is 12.1 Å². The van der Waals surface area contributed by atoms with Crippen molar-refractivity contribution in [3.63, 3.8) is 0 Å². The number of hydrogen-bond donors (Lipinski definition) is 1. The molecule has 0 saturated carbocycles. The largest absolute Gasteiger partial charge is 0.372 e. The van der Waals surface area contributed by atoms with E-state index in [9.17, 15) is 9.18 Å². The average molecular weight is 452 g/mol. The number of nitrogens with zero attached hydrogens (tertiary/aromatic N) is 4. The van der Waals surface area contributed by atoms with Gasteiger partial charge in [0, 0.05) is 51.5 Å². The Morgan fingerprint density at radius 2 is 1.76 bits per heavy atom. The first-order chi connectivity index (χ1) is 15.9. The van der Waals surface area contributed by atoms with Crippen LogP contribution in [0.25, 0.3) is 0 Å². The lowest BCUT2D eigenvalue weighted by Gasteiger charge is -2.37. The molecule has 0 spiro atoms. The van der Waals surface area contributed by atoms with E-state index in [1.165, 1.54) is 6.07 Å². The van der Waals surface area contributed by atoms with Gasteiger partial charge in [0.2, 0.25) is 0 Å². The van der Waals surface area contributed by atoms with E-state index in [1.54, 1.807) is 17.0 Å². The lowest BCUT2D eigenvalue weighted by Crippen LogP contribution is -2.49. The maximum Gasteiger partial charge on any atom is 0.321 e. The molecule has 0 aliphatic carbocycles. The van der Waals surface area contributed by atoms with Crippen LogP contribution in [0.5, 0.6) is 0 Å². The summed E-state index contributed by atoms with van der Waals surface area (Å²) in [5.74, 6) is -0.346. The Bertz CT molecular complexity index is 1000. The molecule has 0 bridgehead atoms. The molecule has 0 radical (unpaired) electrons. The van der Waals surface area contributed by atoms with E-state index in [-0.39, 0.29) is 24.1 Å². The molecular formula is C25H30FN5O2. The summed E-state index contributed by atoms with van der Waals surface area (Å²) in [5, 5.41) is 11.7. The molecule has 2 fully saturated rings. The fourth-order valence-corrected chi connectivity index (χ4v) is 4.47. The number of hydrogen-bond acceptors (Lipinski definition) is 5. The first kappa shape index (κ1) is 23.0. The fraction of sp³-hybridized carbons (Fsp3) is 0.440. The maximum absolute atomic E-state index is 14.8. The van der Waals surface area contributed by atoms with Crippen LogP contribution in [0.2, 0.25) is 0 Å². The van der Waals surface area contributed by atoms with Gasteiger partial charge in [-0.15, -0.1) is 0 Å². The fourth-order valence-electron chi connectivity index (χ4n) is 4.47. The summed E-state index contributed by atoms with van der Waals surface area (Å²) in [7, 11) is 0. The third kappa shape index (κ3) is 5.81. The Morgan fingerprint density at radius 3 is 2.36 bits per heavy atom. The van der Waals surface area contributed by atoms with Gasteiger partial charge in [0.25, 0.3) is 0 Å². The van der Waals surface area contributed by atoms with Crippen molar-refractivity contribution in [1.29, 1.82) is 5.26 Å². The van der Waals surface area contributed by atoms with Gasteiger partial charge in [0.1, 0.15) is 5.82 Å². The Kier molecular flexibility index (Phi) is 7.11. The number of benzene rings is 2. The van der Waals surface area contributed by atoms with Crippen molar-refractivity contribution in [2.24, 2.45) is 0 Å². The maximum atomic E-state index is 14.8. The monoisotopic (exact) mass is 451 g/mol. The van der Waals surface area contributed by atoms with Gasteiger partial charge >= 0.3 is 6.03 Å². The number of urea groups is 1. The van der Waals surface area contributed by atoms with Gasteiger partial charge in [-0.2, -0.15) is 5.26 Å². The van der Waals surface area contributed by atoms with E-state index >= 15 is 0 Å². The molecule has 2 saturated heterocycles. The summed E-state index contributed by atoms with van der Waals surface area (Å²) in [5.41, 5.74) is 2.78. The van der Waals surface area contributed by atoms with E-state index < -0.39 is 0 Å². The third-order valence-corrected chi connectivity index (χ3v) is 6.11. The Balaban J connectivity index is 1.29. The molecule has 2 heterocycles. The van der Waals surface area contributed by atoms with Crippen LogP contribution in [0.1, 0.15) is 25.0 Å². The quantitative estimate of drug-likeness (QED) is 0.768. The van der Waals surface area contributed by atoms with Gasteiger partial charge in [0.05, 0.1) is 29.5 Å². The number of carbonyl (C=O) groups excluding carboxylic acids is 1. The van der Waals surface area contributed by atoms with Gasteiger partial charge in [-0.25, -0.2) is 9.18 Å². The molecule has 4 rings (SSSR count). The van der Waals surface area contributed by atoms with Crippen molar-refractivity contribution in [2.45, 2.75) is 32.6 Å². The van der Waals surface area contributed by atoms with Crippen LogP contribution in [0.4, 0.5) is 20.6 Å². The molecule has 174 valence electrons. The molecule has 33 heavy (non-hydrogen) atoms. The second kappa shape index (κ2) is 10.2. The molecule has 2 aromatic rings. The van der Waals surface area contributed by atoms with Crippen molar-refractivity contribution in [1.82, 2.24) is 9.80 Å². The molecule has 2 unspecified atom stereocenters. The molecule has 1 N–H and O–H groups in total. The molecular weight excluding hydrogens is 421 g/mol. The van der Waals surface area contributed by atoms with Crippen LogP contribution < -0.4 is 10.2 Å². The molecule has 2 aliphatic rings. The molecule has 7 nitrogen and oxygen atoms in total. The Hall–Kier alpha value is -3.15. The molecule has 8 heteroatoms. The highest BCUT2D eigenvalue weighted by molar-refractivity contribution is 5.89. The SMILES string of the molecule is CC1CN(c2ccc(NC(=O)N3CCN(Cc4ccc(C#N)cc4)CC3)cc2F)CC(C)O1. The Labute approximate surface area is 194 Å².